The fourth-order valence-corrected chi connectivity index (χ4v) is 5.87. The average Bonchev–Trinajstić information content (AvgIpc) is 3.08. The zero-order chi connectivity index (χ0) is 27.9. The number of rotatable bonds is 4. The van der Waals surface area contributed by atoms with Gasteiger partial charge in [0.25, 0.3) is 0 Å². The van der Waals surface area contributed by atoms with E-state index in [0.29, 0.717) is 0 Å². The van der Waals surface area contributed by atoms with Crippen molar-refractivity contribution in [1.29, 1.82) is 0 Å². The number of hydrogen-bond acceptors (Lipinski definition) is 2. The number of fused-ring (bicyclic) bond motifs is 4. The van der Waals surface area contributed by atoms with E-state index in [2.05, 4.69) is 115 Å². The van der Waals surface area contributed by atoms with Crippen LogP contribution in [0.25, 0.3) is 77.3 Å². The lowest BCUT2D eigenvalue weighted by Gasteiger charge is -2.12. The standard InChI is InChI=1S/C40H26N2/c1-2-9-31(10-3-1)39-40(42-38-13-7-6-12-37(38)41-39)32-21-18-28(19-22-32)27-14-16-29(17-15-27)33-24-25-36-34(26-33)23-20-30-8-4-5-11-35(30)36/h1-26H. The van der Waals surface area contributed by atoms with E-state index in [1.165, 1.54) is 43.8 Å². The van der Waals surface area contributed by atoms with Gasteiger partial charge in [-0.1, -0.05) is 140 Å². The van der Waals surface area contributed by atoms with Crippen LogP contribution in [0.4, 0.5) is 0 Å². The van der Waals surface area contributed by atoms with Gasteiger partial charge in [0.05, 0.1) is 22.4 Å². The fraction of sp³-hybridized carbons (Fsp3) is 0. The molecular formula is C40H26N2. The molecule has 1 heterocycles. The summed E-state index contributed by atoms with van der Waals surface area (Å²) in [6.07, 6.45) is 0. The summed E-state index contributed by atoms with van der Waals surface area (Å²) in [5.41, 5.74) is 10.5. The summed E-state index contributed by atoms with van der Waals surface area (Å²) in [6, 6.07) is 55.7. The third-order valence-electron chi connectivity index (χ3n) is 8.07. The topological polar surface area (TPSA) is 25.8 Å². The van der Waals surface area contributed by atoms with Crippen molar-refractivity contribution in [3.63, 3.8) is 0 Å². The summed E-state index contributed by atoms with van der Waals surface area (Å²) in [7, 11) is 0. The van der Waals surface area contributed by atoms with E-state index in [0.717, 1.165) is 33.5 Å². The van der Waals surface area contributed by atoms with Gasteiger partial charge in [0.1, 0.15) is 0 Å². The van der Waals surface area contributed by atoms with E-state index in [-0.39, 0.29) is 0 Å². The molecule has 0 saturated heterocycles. The van der Waals surface area contributed by atoms with Gasteiger partial charge in [0, 0.05) is 11.1 Å². The Kier molecular flexibility index (Phi) is 5.82. The molecule has 42 heavy (non-hydrogen) atoms. The van der Waals surface area contributed by atoms with Crippen LogP contribution < -0.4 is 0 Å². The molecule has 0 bridgehead atoms. The highest BCUT2D eigenvalue weighted by Crippen LogP contribution is 2.34. The molecule has 1 aromatic heterocycles. The van der Waals surface area contributed by atoms with Crippen LogP contribution in [0.3, 0.4) is 0 Å². The van der Waals surface area contributed by atoms with Gasteiger partial charge >= 0.3 is 0 Å². The third-order valence-corrected chi connectivity index (χ3v) is 8.07. The van der Waals surface area contributed by atoms with Crippen LogP contribution in [0.5, 0.6) is 0 Å². The minimum absolute atomic E-state index is 0.894. The first-order valence-electron chi connectivity index (χ1n) is 14.3. The zero-order valence-electron chi connectivity index (χ0n) is 22.9. The largest absolute Gasteiger partial charge is 0.244 e. The second-order valence-corrected chi connectivity index (χ2v) is 10.7. The lowest BCUT2D eigenvalue weighted by Crippen LogP contribution is -1.95. The Morgan fingerprint density at radius 3 is 1.40 bits per heavy atom. The maximum Gasteiger partial charge on any atom is 0.0973 e. The van der Waals surface area contributed by atoms with Crippen LogP contribution in [0.15, 0.2) is 158 Å². The van der Waals surface area contributed by atoms with Crippen molar-refractivity contribution in [2.45, 2.75) is 0 Å². The van der Waals surface area contributed by atoms with Crippen molar-refractivity contribution in [2.75, 3.05) is 0 Å². The van der Waals surface area contributed by atoms with E-state index < -0.39 is 0 Å². The minimum atomic E-state index is 0.894. The number of benzene rings is 7. The van der Waals surface area contributed by atoms with Crippen LogP contribution in [0, 0.1) is 0 Å². The summed E-state index contributed by atoms with van der Waals surface area (Å²) in [6.45, 7) is 0. The van der Waals surface area contributed by atoms with E-state index >= 15 is 0 Å². The SMILES string of the molecule is c1ccc(-c2nc3ccccc3nc2-c2ccc(-c3ccc(-c4ccc5c(ccc6ccccc65)c4)cc3)cc2)cc1. The van der Waals surface area contributed by atoms with Gasteiger partial charge in [-0.2, -0.15) is 0 Å². The highest BCUT2D eigenvalue weighted by atomic mass is 14.8. The Balaban J connectivity index is 1.12. The lowest BCUT2D eigenvalue weighted by molar-refractivity contribution is 1.29. The molecule has 2 heteroatoms. The van der Waals surface area contributed by atoms with Gasteiger partial charge in [0.15, 0.2) is 0 Å². The molecule has 8 aromatic rings. The van der Waals surface area contributed by atoms with Gasteiger partial charge in [-0.05, 0) is 62.0 Å². The van der Waals surface area contributed by atoms with Crippen LogP contribution in [-0.4, -0.2) is 9.97 Å². The molecule has 0 aliphatic carbocycles. The van der Waals surface area contributed by atoms with Crippen molar-refractivity contribution < 1.29 is 0 Å². The van der Waals surface area contributed by atoms with Crippen molar-refractivity contribution in [3.8, 4) is 44.8 Å². The molecule has 0 atom stereocenters. The fourth-order valence-electron chi connectivity index (χ4n) is 5.87. The lowest BCUT2D eigenvalue weighted by atomic mass is 9.95. The molecule has 0 fully saturated rings. The Labute approximate surface area is 244 Å². The first kappa shape index (κ1) is 24.2. The van der Waals surface area contributed by atoms with Crippen LogP contribution in [0.2, 0.25) is 0 Å². The molecule has 0 N–H and O–H groups in total. The summed E-state index contributed by atoms with van der Waals surface area (Å²) < 4.78 is 0. The number of aromatic nitrogens is 2. The van der Waals surface area contributed by atoms with Crippen molar-refractivity contribution >= 4 is 32.6 Å². The van der Waals surface area contributed by atoms with Crippen molar-refractivity contribution in [1.82, 2.24) is 9.97 Å². The molecule has 7 aromatic carbocycles. The van der Waals surface area contributed by atoms with Crippen LogP contribution in [-0.2, 0) is 0 Å². The monoisotopic (exact) mass is 534 g/mol. The molecule has 0 aliphatic heterocycles. The average molecular weight is 535 g/mol. The van der Waals surface area contributed by atoms with Crippen molar-refractivity contribution in [2.24, 2.45) is 0 Å². The summed E-state index contributed by atoms with van der Waals surface area (Å²) in [5.74, 6) is 0. The molecule has 0 spiro atoms. The first-order valence-corrected chi connectivity index (χ1v) is 14.3. The second-order valence-electron chi connectivity index (χ2n) is 10.7. The van der Waals surface area contributed by atoms with Crippen LogP contribution >= 0.6 is 0 Å². The zero-order valence-corrected chi connectivity index (χ0v) is 22.9. The molecule has 2 nitrogen and oxygen atoms in total. The third kappa shape index (κ3) is 4.31. The quantitative estimate of drug-likeness (QED) is 0.210. The smallest absolute Gasteiger partial charge is 0.0973 e. The number of hydrogen-bond donors (Lipinski definition) is 0. The summed E-state index contributed by atoms with van der Waals surface area (Å²) >= 11 is 0. The highest BCUT2D eigenvalue weighted by molar-refractivity contribution is 6.08. The second kappa shape index (κ2) is 10.1. The normalized spacial score (nSPS) is 11.3. The Hall–Kier alpha value is -5.60. The Bertz CT molecular complexity index is 2220. The van der Waals surface area contributed by atoms with Gasteiger partial charge in [-0.25, -0.2) is 9.97 Å². The molecule has 0 unspecified atom stereocenters. The first-order chi connectivity index (χ1) is 20.8. The minimum Gasteiger partial charge on any atom is -0.244 e. The molecule has 8 rings (SSSR count). The number of nitrogens with zero attached hydrogens (tertiary/aromatic N) is 2. The Morgan fingerprint density at radius 1 is 0.286 bits per heavy atom. The van der Waals surface area contributed by atoms with Crippen LogP contribution in [0.1, 0.15) is 0 Å². The molecule has 196 valence electrons. The molecule has 0 radical (unpaired) electrons. The van der Waals surface area contributed by atoms with Gasteiger partial charge < -0.3 is 0 Å². The summed E-state index contributed by atoms with van der Waals surface area (Å²) in [5, 5.41) is 5.13. The van der Waals surface area contributed by atoms with E-state index in [9.17, 15) is 0 Å². The van der Waals surface area contributed by atoms with Crippen molar-refractivity contribution in [3.05, 3.63) is 158 Å². The van der Waals surface area contributed by atoms with E-state index in [1.807, 2.05) is 42.5 Å². The van der Waals surface area contributed by atoms with E-state index in [1.54, 1.807) is 0 Å². The summed E-state index contributed by atoms with van der Waals surface area (Å²) in [4.78, 5) is 10.1. The molecular weight excluding hydrogens is 508 g/mol. The molecule has 0 amide bonds. The molecule has 0 aliphatic rings. The van der Waals surface area contributed by atoms with Gasteiger partial charge in [0.2, 0.25) is 0 Å². The Morgan fingerprint density at radius 2 is 0.738 bits per heavy atom. The van der Waals surface area contributed by atoms with Gasteiger partial charge in [-0.3, -0.25) is 0 Å². The number of para-hydroxylation sites is 2. The highest BCUT2D eigenvalue weighted by Gasteiger charge is 2.13. The van der Waals surface area contributed by atoms with E-state index in [4.69, 9.17) is 9.97 Å². The maximum atomic E-state index is 5.05. The molecule has 0 saturated carbocycles. The maximum absolute atomic E-state index is 5.05. The predicted molar refractivity (Wildman–Crippen MR) is 176 cm³/mol. The van der Waals surface area contributed by atoms with Gasteiger partial charge in [-0.15, -0.1) is 0 Å². The predicted octanol–water partition coefficient (Wildman–Crippen LogP) is 10.6.